The smallest absolute Gasteiger partial charge is 0.387 e. The lowest BCUT2D eigenvalue weighted by molar-refractivity contribution is -0.132. The van der Waals surface area contributed by atoms with Gasteiger partial charge >= 0.3 is 6.61 Å². The average Bonchev–Trinajstić information content (AvgIpc) is 2.80. The maximum Gasteiger partial charge on any atom is 0.387 e. The number of para-hydroxylation sites is 2. The Hall–Kier alpha value is -3.14. The van der Waals surface area contributed by atoms with Crippen LogP contribution in [0.3, 0.4) is 0 Å². The molecule has 0 unspecified atom stereocenters. The molecule has 2 aromatic rings. The first kappa shape index (κ1) is 22.1. The summed E-state index contributed by atoms with van der Waals surface area (Å²) in [5.41, 5.74) is 0.784. The fourth-order valence-corrected chi connectivity index (χ4v) is 4.67. The van der Waals surface area contributed by atoms with Crippen LogP contribution in [0.4, 0.5) is 14.5 Å². The van der Waals surface area contributed by atoms with Crippen LogP contribution in [0.5, 0.6) is 5.75 Å². The Morgan fingerprint density at radius 2 is 1.62 bits per heavy atom. The summed E-state index contributed by atoms with van der Waals surface area (Å²) < 4.78 is 29.7. The van der Waals surface area contributed by atoms with E-state index in [4.69, 9.17) is 0 Å². The van der Waals surface area contributed by atoms with Crippen molar-refractivity contribution in [2.75, 3.05) is 43.4 Å². The second kappa shape index (κ2) is 9.56. The van der Waals surface area contributed by atoms with Gasteiger partial charge in [-0.25, -0.2) is 0 Å². The maximum absolute atomic E-state index is 12.9. The second-order valence-corrected chi connectivity index (χ2v) is 8.30. The lowest BCUT2D eigenvalue weighted by Gasteiger charge is -2.36. The van der Waals surface area contributed by atoms with E-state index in [0.29, 0.717) is 13.1 Å². The summed E-state index contributed by atoms with van der Waals surface area (Å²) in [5.74, 6) is -0.635. The number of nitrogens with zero attached hydrogens (tertiary/aromatic N) is 3. The Kier molecular flexibility index (Phi) is 6.59. The molecule has 3 amide bonds. The van der Waals surface area contributed by atoms with E-state index in [1.807, 2.05) is 24.3 Å². The van der Waals surface area contributed by atoms with Gasteiger partial charge in [-0.3, -0.25) is 14.4 Å². The Balaban J connectivity index is 1.38. The summed E-state index contributed by atoms with van der Waals surface area (Å²) >= 11 is 1.45. The van der Waals surface area contributed by atoms with Crippen LogP contribution in [0, 0.1) is 0 Å². The van der Waals surface area contributed by atoms with Crippen LogP contribution in [0.25, 0.3) is 0 Å². The van der Waals surface area contributed by atoms with Crippen LogP contribution in [0.15, 0.2) is 53.4 Å². The van der Waals surface area contributed by atoms with Crippen molar-refractivity contribution in [1.29, 1.82) is 0 Å². The Morgan fingerprint density at radius 1 is 0.969 bits per heavy atom. The number of hydrogen-bond acceptors (Lipinski definition) is 5. The molecule has 0 N–H and O–H groups in total. The monoisotopic (exact) mass is 461 g/mol. The van der Waals surface area contributed by atoms with Crippen LogP contribution in [-0.4, -0.2) is 72.6 Å². The molecular weight excluding hydrogens is 440 g/mol. The molecule has 1 fully saturated rings. The molecule has 2 heterocycles. The van der Waals surface area contributed by atoms with Crippen LogP contribution in [-0.2, 0) is 9.59 Å². The molecular formula is C22H21F2N3O4S. The topological polar surface area (TPSA) is 70.2 Å². The molecule has 0 saturated carbocycles. The van der Waals surface area contributed by atoms with Crippen molar-refractivity contribution in [3.8, 4) is 5.75 Å². The number of ether oxygens (including phenoxy) is 1. The summed E-state index contributed by atoms with van der Waals surface area (Å²) in [6.07, 6.45) is 0. The molecule has 7 nitrogen and oxygen atoms in total. The number of anilines is 1. The fourth-order valence-electron chi connectivity index (χ4n) is 3.73. The number of rotatable bonds is 5. The standard InChI is InChI=1S/C22H21F2N3O4S/c23-22(24)31-17-7-3-1-5-15(17)21(30)26-11-9-25(10-12-26)19(28)13-27-16-6-2-4-8-18(16)32-14-20(27)29/h1-8,22H,9-14H2. The van der Waals surface area contributed by atoms with Gasteiger partial charge in [0, 0.05) is 31.1 Å². The lowest BCUT2D eigenvalue weighted by Crippen LogP contribution is -2.53. The van der Waals surface area contributed by atoms with Crippen molar-refractivity contribution < 1.29 is 27.9 Å². The first-order chi connectivity index (χ1) is 15.4. The zero-order valence-electron chi connectivity index (χ0n) is 17.1. The minimum Gasteiger partial charge on any atom is -0.434 e. The highest BCUT2D eigenvalue weighted by Crippen LogP contribution is 2.34. The summed E-state index contributed by atoms with van der Waals surface area (Å²) in [6, 6.07) is 13.3. The first-order valence-electron chi connectivity index (χ1n) is 10.1. The molecule has 0 radical (unpaired) electrons. The highest BCUT2D eigenvalue weighted by molar-refractivity contribution is 8.00. The van der Waals surface area contributed by atoms with Crippen LogP contribution >= 0.6 is 11.8 Å². The van der Waals surface area contributed by atoms with E-state index < -0.39 is 12.5 Å². The van der Waals surface area contributed by atoms with E-state index in [0.717, 1.165) is 10.6 Å². The van der Waals surface area contributed by atoms with Crippen molar-refractivity contribution in [3.05, 3.63) is 54.1 Å². The number of hydrogen-bond donors (Lipinski definition) is 0. The number of carbonyl (C=O) groups is 3. The molecule has 1 saturated heterocycles. The van der Waals surface area contributed by atoms with Gasteiger partial charge in [0.1, 0.15) is 12.3 Å². The molecule has 0 aromatic heterocycles. The number of piperazine rings is 1. The predicted octanol–water partition coefficient (Wildman–Crippen LogP) is 2.71. The van der Waals surface area contributed by atoms with Gasteiger partial charge in [-0.05, 0) is 24.3 Å². The van der Waals surface area contributed by atoms with Crippen LogP contribution in [0.1, 0.15) is 10.4 Å². The number of fused-ring (bicyclic) bond motifs is 1. The third kappa shape index (κ3) is 4.69. The van der Waals surface area contributed by atoms with E-state index in [9.17, 15) is 23.2 Å². The molecule has 0 spiro atoms. The van der Waals surface area contributed by atoms with Crippen molar-refractivity contribution in [1.82, 2.24) is 9.80 Å². The van der Waals surface area contributed by atoms with Gasteiger partial charge < -0.3 is 19.4 Å². The Morgan fingerprint density at radius 3 is 2.38 bits per heavy atom. The molecule has 0 bridgehead atoms. The van der Waals surface area contributed by atoms with Gasteiger partial charge in [-0.1, -0.05) is 24.3 Å². The Bertz CT molecular complexity index is 1030. The lowest BCUT2D eigenvalue weighted by atomic mass is 10.1. The summed E-state index contributed by atoms with van der Waals surface area (Å²) in [7, 11) is 0. The Labute approximate surface area is 187 Å². The molecule has 0 aliphatic carbocycles. The first-order valence-corrected chi connectivity index (χ1v) is 11.1. The SMILES string of the molecule is O=C(CN1C(=O)CSc2ccccc21)N1CCN(C(=O)c2ccccc2OC(F)F)CC1. The predicted molar refractivity (Wildman–Crippen MR) is 115 cm³/mol. The molecule has 0 atom stereocenters. The van der Waals surface area contributed by atoms with E-state index in [1.165, 1.54) is 39.8 Å². The van der Waals surface area contributed by atoms with Gasteiger partial charge in [0.05, 0.1) is 17.0 Å². The van der Waals surface area contributed by atoms with Gasteiger partial charge in [0.15, 0.2) is 0 Å². The molecule has 10 heteroatoms. The zero-order valence-corrected chi connectivity index (χ0v) is 17.9. The molecule has 2 aliphatic heterocycles. The van der Waals surface area contributed by atoms with Crippen molar-refractivity contribution in [2.24, 2.45) is 0 Å². The number of amides is 3. The fraction of sp³-hybridized carbons (Fsp3) is 0.318. The molecule has 32 heavy (non-hydrogen) atoms. The minimum absolute atomic E-state index is 0.0561. The second-order valence-electron chi connectivity index (χ2n) is 7.28. The summed E-state index contributed by atoms with van der Waals surface area (Å²) in [6.45, 7) is -1.99. The van der Waals surface area contributed by atoms with Gasteiger partial charge in [-0.15, -0.1) is 11.8 Å². The molecule has 2 aromatic carbocycles. The number of benzene rings is 2. The third-order valence-corrected chi connectivity index (χ3v) is 6.40. The third-order valence-electron chi connectivity index (χ3n) is 5.35. The van der Waals surface area contributed by atoms with E-state index in [-0.39, 0.29) is 48.5 Å². The van der Waals surface area contributed by atoms with E-state index in [2.05, 4.69) is 4.74 Å². The van der Waals surface area contributed by atoms with Gasteiger partial charge in [0.25, 0.3) is 5.91 Å². The number of thioether (sulfide) groups is 1. The molecule has 168 valence electrons. The summed E-state index contributed by atoms with van der Waals surface area (Å²) in [5, 5.41) is 0. The number of carbonyl (C=O) groups excluding carboxylic acids is 3. The largest absolute Gasteiger partial charge is 0.434 e. The quantitative estimate of drug-likeness (QED) is 0.685. The summed E-state index contributed by atoms with van der Waals surface area (Å²) in [4.78, 5) is 43.7. The highest BCUT2D eigenvalue weighted by Gasteiger charge is 2.31. The maximum atomic E-state index is 12.9. The normalized spacial score (nSPS) is 16.2. The molecule has 2 aliphatic rings. The average molecular weight is 461 g/mol. The number of alkyl halides is 2. The molecule has 4 rings (SSSR count). The van der Waals surface area contributed by atoms with E-state index >= 15 is 0 Å². The number of halogens is 2. The van der Waals surface area contributed by atoms with Gasteiger partial charge in [0.2, 0.25) is 11.8 Å². The van der Waals surface area contributed by atoms with Crippen LogP contribution < -0.4 is 9.64 Å². The highest BCUT2D eigenvalue weighted by atomic mass is 32.2. The van der Waals surface area contributed by atoms with Crippen molar-refractivity contribution in [3.63, 3.8) is 0 Å². The minimum atomic E-state index is -3.03. The zero-order chi connectivity index (χ0) is 22.7. The van der Waals surface area contributed by atoms with E-state index in [1.54, 1.807) is 11.0 Å². The van der Waals surface area contributed by atoms with Gasteiger partial charge in [-0.2, -0.15) is 8.78 Å². The van der Waals surface area contributed by atoms with Crippen molar-refractivity contribution >= 4 is 35.2 Å². The van der Waals surface area contributed by atoms with Crippen LogP contribution in [0.2, 0.25) is 0 Å². The van der Waals surface area contributed by atoms with Crippen molar-refractivity contribution in [2.45, 2.75) is 11.5 Å².